The second-order valence-electron chi connectivity index (χ2n) is 5.60. The number of rotatable bonds is 6. The Labute approximate surface area is 147 Å². The summed E-state index contributed by atoms with van der Waals surface area (Å²) in [4.78, 5) is 20.6. The van der Waals surface area contributed by atoms with E-state index in [0.29, 0.717) is 13.0 Å². The van der Waals surface area contributed by atoms with Crippen molar-refractivity contribution in [1.82, 2.24) is 20.6 Å². The van der Waals surface area contributed by atoms with E-state index in [0.717, 1.165) is 16.8 Å². The normalized spacial score (nSPS) is 11.5. The maximum Gasteiger partial charge on any atom is 0.315 e. The number of carbonyl (C=O) groups is 1. The van der Waals surface area contributed by atoms with Crippen LogP contribution in [0.3, 0.4) is 0 Å². The lowest BCUT2D eigenvalue weighted by atomic mass is 10.00. The molecular weight excluding hydrogens is 312 g/mol. The fraction of sp³-hybridized carbons (Fsp3) is 0.150. The summed E-state index contributed by atoms with van der Waals surface area (Å²) in [5.41, 5.74) is 2.96. The van der Waals surface area contributed by atoms with Crippen LogP contribution in [0.25, 0.3) is 0 Å². The van der Waals surface area contributed by atoms with Gasteiger partial charge in [-0.15, -0.1) is 0 Å². The first-order valence-electron chi connectivity index (χ1n) is 8.22. The zero-order valence-electron chi connectivity index (χ0n) is 13.8. The Hall–Kier alpha value is -3.21. The minimum Gasteiger partial charge on any atom is -0.338 e. The molecular formula is C20H20N4O. The standard InChI is InChI=1S/C20H20N4O/c25-20(23-15-11-18-8-4-5-12-22-18)24-19(16-6-2-1-3-7-16)17-9-13-21-14-10-17/h1-10,12-14,19H,11,15H2,(H2,23,24,25)/t19-/m0/s1. The molecule has 0 aliphatic rings. The zero-order valence-corrected chi connectivity index (χ0v) is 13.8. The number of amides is 2. The average molecular weight is 332 g/mol. The van der Waals surface area contributed by atoms with E-state index in [1.54, 1.807) is 18.6 Å². The molecule has 0 fully saturated rings. The zero-order chi connectivity index (χ0) is 17.3. The first-order chi connectivity index (χ1) is 12.3. The number of aromatic nitrogens is 2. The van der Waals surface area contributed by atoms with Crippen LogP contribution in [0.4, 0.5) is 4.79 Å². The third kappa shape index (κ3) is 4.88. The summed E-state index contributed by atoms with van der Waals surface area (Å²) < 4.78 is 0. The molecule has 1 aromatic carbocycles. The molecule has 5 nitrogen and oxygen atoms in total. The SMILES string of the molecule is O=C(NCCc1ccccn1)N[C@@H](c1ccccc1)c1ccncc1. The molecule has 0 saturated heterocycles. The Morgan fingerprint density at radius 3 is 2.32 bits per heavy atom. The van der Waals surface area contributed by atoms with Crippen LogP contribution in [-0.4, -0.2) is 22.5 Å². The summed E-state index contributed by atoms with van der Waals surface area (Å²) in [7, 11) is 0. The van der Waals surface area contributed by atoms with Crippen LogP contribution < -0.4 is 10.6 Å². The van der Waals surface area contributed by atoms with E-state index in [1.807, 2.05) is 60.7 Å². The van der Waals surface area contributed by atoms with Crippen molar-refractivity contribution >= 4 is 6.03 Å². The lowest BCUT2D eigenvalue weighted by molar-refractivity contribution is 0.239. The number of hydrogen-bond acceptors (Lipinski definition) is 3. The minimum absolute atomic E-state index is 0.207. The Bertz CT molecular complexity index is 739. The van der Waals surface area contributed by atoms with E-state index in [9.17, 15) is 4.79 Å². The fourth-order valence-corrected chi connectivity index (χ4v) is 2.59. The van der Waals surface area contributed by atoms with E-state index in [4.69, 9.17) is 0 Å². The molecule has 2 aromatic heterocycles. The van der Waals surface area contributed by atoms with Crippen molar-refractivity contribution in [3.63, 3.8) is 0 Å². The first-order valence-corrected chi connectivity index (χ1v) is 8.22. The molecule has 0 spiro atoms. The number of urea groups is 1. The summed E-state index contributed by atoms with van der Waals surface area (Å²) in [6.07, 6.45) is 5.90. The smallest absolute Gasteiger partial charge is 0.315 e. The van der Waals surface area contributed by atoms with Crippen LogP contribution in [0.1, 0.15) is 22.9 Å². The minimum atomic E-state index is -0.223. The number of hydrogen-bond donors (Lipinski definition) is 2. The second kappa shape index (κ2) is 8.59. The van der Waals surface area contributed by atoms with Crippen LogP contribution in [0.2, 0.25) is 0 Å². The Morgan fingerprint density at radius 2 is 1.60 bits per heavy atom. The fourth-order valence-electron chi connectivity index (χ4n) is 2.59. The molecule has 0 radical (unpaired) electrons. The molecule has 5 heteroatoms. The lowest BCUT2D eigenvalue weighted by Crippen LogP contribution is -2.39. The molecule has 2 N–H and O–H groups in total. The molecule has 0 aliphatic heterocycles. The number of carbonyl (C=O) groups excluding carboxylic acids is 1. The monoisotopic (exact) mass is 332 g/mol. The van der Waals surface area contributed by atoms with Gasteiger partial charge in [0.2, 0.25) is 0 Å². The van der Waals surface area contributed by atoms with Crippen molar-refractivity contribution in [2.45, 2.75) is 12.5 Å². The molecule has 3 aromatic rings. The highest BCUT2D eigenvalue weighted by atomic mass is 16.2. The number of pyridine rings is 2. The Kier molecular flexibility index (Phi) is 5.72. The molecule has 3 rings (SSSR count). The average Bonchev–Trinajstić information content (AvgIpc) is 2.68. The van der Waals surface area contributed by atoms with Gasteiger partial charge in [-0.2, -0.15) is 0 Å². The van der Waals surface area contributed by atoms with Crippen LogP contribution in [0.5, 0.6) is 0 Å². The summed E-state index contributed by atoms with van der Waals surface area (Å²) in [6.45, 7) is 0.528. The maximum absolute atomic E-state index is 12.3. The van der Waals surface area contributed by atoms with Crippen LogP contribution in [0.15, 0.2) is 79.3 Å². The highest BCUT2D eigenvalue weighted by Crippen LogP contribution is 2.21. The maximum atomic E-state index is 12.3. The number of nitrogens with one attached hydrogen (secondary N) is 2. The van der Waals surface area contributed by atoms with Gasteiger partial charge in [0.1, 0.15) is 0 Å². The molecule has 2 amide bonds. The molecule has 0 bridgehead atoms. The third-order valence-corrected chi connectivity index (χ3v) is 3.84. The third-order valence-electron chi connectivity index (χ3n) is 3.84. The highest BCUT2D eigenvalue weighted by Gasteiger charge is 2.16. The second-order valence-corrected chi connectivity index (χ2v) is 5.60. The topological polar surface area (TPSA) is 66.9 Å². The van der Waals surface area contributed by atoms with E-state index >= 15 is 0 Å². The number of nitrogens with zero attached hydrogens (tertiary/aromatic N) is 2. The van der Waals surface area contributed by atoms with Crippen molar-refractivity contribution < 1.29 is 4.79 Å². The summed E-state index contributed by atoms with van der Waals surface area (Å²) in [5, 5.41) is 5.93. The summed E-state index contributed by atoms with van der Waals surface area (Å²) in [5.74, 6) is 0. The molecule has 0 aliphatic carbocycles. The molecule has 0 unspecified atom stereocenters. The predicted molar refractivity (Wildman–Crippen MR) is 97.0 cm³/mol. The summed E-state index contributed by atoms with van der Waals surface area (Å²) in [6, 6.07) is 19.0. The van der Waals surface area contributed by atoms with E-state index < -0.39 is 0 Å². The van der Waals surface area contributed by atoms with Crippen molar-refractivity contribution in [1.29, 1.82) is 0 Å². The molecule has 1 atom stereocenters. The molecule has 0 saturated carbocycles. The van der Waals surface area contributed by atoms with Gasteiger partial charge < -0.3 is 10.6 Å². The first kappa shape index (κ1) is 16.6. The van der Waals surface area contributed by atoms with Gasteiger partial charge in [-0.1, -0.05) is 36.4 Å². The van der Waals surface area contributed by atoms with Gasteiger partial charge in [0, 0.05) is 37.3 Å². The predicted octanol–water partition coefficient (Wildman–Crippen LogP) is 3.11. The van der Waals surface area contributed by atoms with Gasteiger partial charge in [0.05, 0.1) is 6.04 Å². The number of benzene rings is 1. The quantitative estimate of drug-likeness (QED) is 0.729. The van der Waals surface area contributed by atoms with Crippen LogP contribution in [-0.2, 0) is 6.42 Å². The van der Waals surface area contributed by atoms with Crippen LogP contribution >= 0.6 is 0 Å². The van der Waals surface area contributed by atoms with Gasteiger partial charge >= 0.3 is 6.03 Å². The van der Waals surface area contributed by atoms with E-state index in [1.165, 1.54) is 0 Å². The molecule has 126 valence electrons. The van der Waals surface area contributed by atoms with E-state index in [-0.39, 0.29) is 12.1 Å². The van der Waals surface area contributed by atoms with Crippen molar-refractivity contribution in [3.05, 3.63) is 96.1 Å². The molecule has 2 heterocycles. The highest BCUT2D eigenvalue weighted by molar-refractivity contribution is 5.75. The van der Waals surface area contributed by atoms with E-state index in [2.05, 4.69) is 20.6 Å². The van der Waals surface area contributed by atoms with Crippen molar-refractivity contribution in [2.24, 2.45) is 0 Å². The van der Waals surface area contributed by atoms with Gasteiger partial charge in [-0.05, 0) is 35.4 Å². The van der Waals surface area contributed by atoms with Gasteiger partial charge in [-0.3, -0.25) is 9.97 Å². The molecule has 25 heavy (non-hydrogen) atoms. The summed E-state index contributed by atoms with van der Waals surface area (Å²) >= 11 is 0. The van der Waals surface area contributed by atoms with Crippen molar-refractivity contribution in [3.8, 4) is 0 Å². The largest absolute Gasteiger partial charge is 0.338 e. The van der Waals surface area contributed by atoms with Gasteiger partial charge in [0.25, 0.3) is 0 Å². The lowest BCUT2D eigenvalue weighted by Gasteiger charge is -2.20. The van der Waals surface area contributed by atoms with Gasteiger partial charge in [-0.25, -0.2) is 4.79 Å². The Morgan fingerprint density at radius 1 is 0.880 bits per heavy atom. The van der Waals surface area contributed by atoms with Crippen LogP contribution in [0, 0.1) is 0 Å². The van der Waals surface area contributed by atoms with Gasteiger partial charge in [0.15, 0.2) is 0 Å². The Balaban J connectivity index is 1.63. The van der Waals surface area contributed by atoms with Crippen molar-refractivity contribution in [2.75, 3.05) is 6.54 Å².